The zero-order chi connectivity index (χ0) is 11.1. The predicted molar refractivity (Wildman–Crippen MR) is 74.4 cm³/mol. The molecule has 1 fully saturated rings. The minimum Gasteiger partial charge on any atom is -0.322 e. The van der Waals surface area contributed by atoms with Crippen molar-refractivity contribution in [1.29, 1.82) is 0 Å². The molecule has 1 rings (SSSR count). The van der Waals surface area contributed by atoms with Gasteiger partial charge in [-0.2, -0.15) is 0 Å². The predicted octanol–water partition coefficient (Wildman–Crippen LogP) is 3.80. The Labute approximate surface area is 103 Å². The van der Waals surface area contributed by atoms with Gasteiger partial charge in [0.2, 0.25) is 0 Å². The van der Waals surface area contributed by atoms with E-state index >= 15 is 0 Å². The minimum absolute atomic E-state index is 0.915. The Morgan fingerprint density at radius 3 is 1.87 bits per heavy atom. The number of hydrogen-bond acceptors (Lipinski definition) is 2. The molecule has 0 aliphatic carbocycles. The standard InChI is InChI=1S/C12H26NS2/c1-4-6-8-13(3,9-7-5-2)12-10-14-15-11-12/h12H,4-11H2,1-3H3/q+1. The molecule has 3 heteroatoms. The Morgan fingerprint density at radius 1 is 1.00 bits per heavy atom. The smallest absolute Gasteiger partial charge is 0.109 e. The van der Waals surface area contributed by atoms with E-state index in [1.165, 1.54) is 54.8 Å². The first-order valence-electron chi connectivity index (χ1n) is 6.31. The third-order valence-corrected chi connectivity index (χ3v) is 6.06. The van der Waals surface area contributed by atoms with E-state index in [-0.39, 0.29) is 0 Å². The summed E-state index contributed by atoms with van der Waals surface area (Å²) in [7, 11) is 6.64. The lowest BCUT2D eigenvalue weighted by atomic mass is 10.1. The average Bonchev–Trinajstić information content (AvgIpc) is 2.77. The van der Waals surface area contributed by atoms with Crippen molar-refractivity contribution in [2.24, 2.45) is 0 Å². The molecule has 0 bridgehead atoms. The van der Waals surface area contributed by atoms with Crippen LogP contribution in [0.4, 0.5) is 0 Å². The van der Waals surface area contributed by atoms with Crippen LogP contribution in [0.25, 0.3) is 0 Å². The lowest BCUT2D eigenvalue weighted by Gasteiger charge is -2.39. The highest BCUT2D eigenvalue weighted by Gasteiger charge is 2.34. The fourth-order valence-electron chi connectivity index (χ4n) is 2.18. The van der Waals surface area contributed by atoms with Crippen molar-refractivity contribution >= 4 is 21.6 Å². The average molecular weight is 248 g/mol. The second-order valence-corrected chi connectivity index (χ2v) is 7.41. The zero-order valence-corrected chi connectivity index (χ0v) is 12.1. The summed E-state index contributed by atoms with van der Waals surface area (Å²) in [4.78, 5) is 0. The summed E-state index contributed by atoms with van der Waals surface area (Å²) >= 11 is 0. The molecular weight excluding hydrogens is 222 g/mol. The first kappa shape index (κ1) is 13.7. The van der Waals surface area contributed by atoms with E-state index in [0.29, 0.717) is 0 Å². The fourth-order valence-corrected chi connectivity index (χ4v) is 5.31. The monoisotopic (exact) mass is 248 g/mol. The van der Waals surface area contributed by atoms with Gasteiger partial charge in [-0.15, -0.1) is 0 Å². The topological polar surface area (TPSA) is 0 Å². The van der Waals surface area contributed by atoms with Crippen LogP contribution in [0, 0.1) is 0 Å². The van der Waals surface area contributed by atoms with Crippen LogP contribution < -0.4 is 0 Å². The van der Waals surface area contributed by atoms with Gasteiger partial charge in [0.05, 0.1) is 31.6 Å². The van der Waals surface area contributed by atoms with E-state index in [0.717, 1.165) is 6.04 Å². The number of unbranched alkanes of at least 4 members (excludes halogenated alkanes) is 2. The number of nitrogens with zero attached hydrogens (tertiary/aromatic N) is 1. The first-order valence-corrected chi connectivity index (χ1v) is 8.80. The summed E-state index contributed by atoms with van der Waals surface area (Å²) in [5.41, 5.74) is 0. The molecule has 0 atom stereocenters. The van der Waals surface area contributed by atoms with Crippen molar-refractivity contribution in [3.63, 3.8) is 0 Å². The fraction of sp³-hybridized carbons (Fsp3) is 1.00. The molecule has 0 unspecified atom stereocenters. The van der Waals surface area contributed by atoms with Gasteiger partial charge < -0.3 is 4.48 Å². The van der Waals surface area contributed by atoms with Gasteiger partial charge in [-0.1, -0.05) is 48.3 Å². The maximum Gasteiger partial charge on any atom is 0.109 e. The van der Waals surface area contributed by atoms with Crippen molar-refractivity contribution in [3.8, 4) is 0 Å². The Morgan fingerprint density at radius 2 is 1.47 bits per heavy atom. The molecule has 0 N–H and O–H groups in total. The second kappa shape index (κ2) is 7.08. The molecule has 90 valence electrons. The molecule has 0 aromatic heterocycles. The van der Waals surface area contributed by atoms with Gasteiger partial charge in [0.1, 0.15) is 6.04 Å². The lowest BCUT2D eigenvalue weighted by molar-refractivity contribution is -0.928. The Hall–Kier alpha value is 0.660. The molecule has 1 nitrogen and oxygen atoms in total. The summed E-state index contributed by atoms with van der Waals surface area (Å²) in [6.07, 6.45) is 5.47. The summed E-state index contributed by atoms with van der Waals surface area (Å²) in [5.74, 6) is 2.74. The van der Waals surface area contributed by atoms with Crippen LogP contribution >= 0.6 is 21.6 Å². The molecule has 1 aliphatic heterocycles. The molecule has 1 saturated heterocycles. The van der Waals surface area contributed by atoms with Crippen LogP contribution in [0.5, 0.6) is 0 Å². The summed E-state index contributed by atoms with van der Waals surface area (Å²) in [5, 5.41) is 0. The molecule has 0 saturated carbocycles. The highest BCUT2D eigenvalue weighted by molar-refractivity contribution is 8.77. The third-order valence-electron chi connectivity index (χ3n) is 3.53. The third kappa shape index (κ3) is 4.20. The van der Waals surface area contributed by atoms with E-state index in [1.807, 2.05) is 0 Å². The summed E-state index contributed by atoms with van der Waals surface area (Å²) in [6.45, 7) is 7.40. The second-order valence-electron chi connectivity index (χ2n) is 4.86. The summed E-state index contributed by atoms with van der Waals surface area (Å²) in [6, 6.07) is 0.915. The molecule has 0 spiro atoms. The maximum atomic E-state index is 2.49. The SMILES string of the molecule is CCCC[N+](C)(CCCC)C1CSSC1. The molecular formula is C12H26NS2+. The van der Waals surface area contributed by atoms with Crippen molar-refractivity contribution in [2.75, 3.05) is 31.6 Å². The Kier molecular flexibility index (Phi) is 6.48. The lowest BCUT2D eigenvalue weighted by Crippen LogP contribution is -2.54. The summed E-state index contributed by atoms with van der Waals surface area (Å²) < 4.78 is 1.34. The van der Waals surface area contributed by atoms with Crippen molar-refractivity contribution in [1.82, 2.24) is 0 Å². The van der Waals surface area contributed by atoms with Gasteiger partial charge in [0.25, 0.3) is 0 Å². The van der Waals surface area contributed by atoms with Crippen LogP contribution in [0.2, 0.25) is 0 Å². The number of quaternary nitrogens is 1. The van der Waals surface area contributed by atoms with Crippen LogP contribution in [0.15, 0.2) is 0 Å². The highest BCUT2D eigenvalue weighted by Crippen LogP contribution is 2.36. The van der Waals surface area contributed by atoms with Crippen LogP contribution in [-0.4, -0.2) is 42.2 Å². The van der Waals surface area contributed by atoms with Gasteiger partial charge in [-0.3, -0.25) is 0 Å². The van der Waals surface area contributed by atoms with E-state index in [4.69, 9.17) is 0 Å². The Bertz CT molecular complexity index is 159. The quantitative estimate of drug-likeness (QED) is 0.496. The Balaban J connectivity index is 2.48. The first-order chi connectivity index (χ1) is 7.23. The number of hydrogen-bond donors (Lipinski definition) is 0. The maximum absolute atomic E-state index is 2.49. The van der Waals surface area contributed by atoms with Gasteiger partial charge in [-0.25, -0.2) is 0 Å². The van der Waals surface area contributed by atoms with E-state index < -0.39 is 0 Å². The van der Waals surface area contributed by atoms with Crippen molar-refractivity contribution in [2.45, 2.75) is 45.6 Å². The molecule has 1 heterocycles. The molecule has 1 aliphatic rings. The zero-order valence-electron chi connectivity index (χ0n) is 10.5. The van der Waals surface area contributed by atoms with Crippen molar-refractivity contribution in [3.05, 3.63) is 0 Å². The molecule has 0 aromatic carbocycles. The van der Waals surface area contributed by atoms with Gasteiger partial charge in [0.15, 0.2) is 0 Å². The van der Waals surface area contributed by atoms with Gasteiger partial charge in [0, 0.05) is 0 Å². The van der Waals surface area contributed by atoms with Crippen LogP contribution in [-0.2, 0) is 0 Å². The van der Waals surface area contributed by atoms with Crippen LogP contribution in [0.1, 0.15) is 39.5 Å². The van der Waals surface area contributed by atoms with Gasteiger partial charge >= 0.3 is 0 Å². The van der Waals surface area contributed by atoms with E-state index in [9.17, 15) is 0 Å². The largest absolute Gasteiger partial charge is 0.322 e. The van der Waals surface area contributed by atoms with E-state index in [2.05, 4.69) is 42.5 Å². The van der Waals surface area contributed by atoms with E-state index in [1.54, 1.807) is 0 Å². The molecule has 0 radical (unpaired) electrons. The molecule has 0 aromatic rings. The van der Waals surface area contributed by atoms with Crippen molar-refractivity contribution < 1.29 is 4.48 Å². The molecule has 15 heavy (non-hydrogen) atoms. The normalized spacial score (nSPS) is 18.6. The minimum atomic E-state index is 0.915. The highest BCUT2D eigenvalue weighted by atomic mass is 33.1. The van der Waals surface area contributed by atoms with Crippen LogP contribution in [0.3, 0.4) is 0 Å². The van der Waals surface area contributed by atoms with Gasteiger partial charge in [-0.05, 0) is 12.8 Å². The number of rotatable bonds is 7. The molecule has 0 amide bonds.